The number of aromatic nitrogens is 1. The minimum Gasteiger partial charge on any atom is -0.507 e. The predicted octanol–water partition coefficient (Wildman–Crippen LogP) is 3.00. The highest BCUT2D eigenvalue weighted by Crippen LogP contribution is 2.27. The van der Waals surface area contributed by atoms with Gasteiger partial charge in [0.2, 0.25) is 9.84 Å². The number of nitrogens with one attached hydrogen (secondary N) is 1. The molecule has 3 aromatic rings. The van der Waals surface area contributed by atoms with E-state index >= 15 is 0 Å². The minimum atomic E-state index is -3.86. The smallest absolute Gasteiger partial charge is 0.270 e. The molecule has 0 saturated carbocycles. The summed E-state index contributed by atoms with van der Waals surface area (Å²) in [5, 5.41) is 20.5. The Labute approximate surface area is 154 Å². The molecule has 0 atom stereocenters. The van der Waals surface area contributed by atoms with Crippen molar-refractivity contribution in [3.8, 4) is 5.75 Å². The van der Waals surface area contributed by atoms with Crippen LogP contribution in [0.3, 0.4) is 0 Å². The molecule has 0 amide bonds. The first-order chi connectivity index (χ1) is 12.7. The van der Waals surface area contributed by atoms with E-state index in [1.54, 1.807) is 12.1 Å². The van der Waals surface area contributed by atoms with Crippen LogP contribution in [0.5, 0.6) is 5.75 Å². The molecule has 0 aliphatic heterocycles. The molecule has 27 heavy (non-hydrogen) atoms. The van der Waals surface area contributed by atoms with Gasteiger partial charge in [0.1, 0.15) is 10.8 Å². The SMILES string of the molecule is Cc1ccc(S(=O)(=O)c2cc(C(=O)c3cc([N+](=O)[O-])ccc3O)c[nH]2)cc1. The molecule has 8 nitrogen and oxygen atoms in total. The highest BCUT2D eigenvalue weighted by atomic mass is 32.2. The first kappa shape index (κ1) is 18.3. The van der Waals surface area contributed by atoms with Gasteiger partial charge in [-0.2, -0.15) is 0 Å². The van der Waals surface area contributed by atoms with E-state index in [0.29, 0.717) is 0 Å². The lowest BCUT2D eigenvalue weighted by molar-refractivity contribution is -0.384. The van der Waals surface area contributed by atoms with Gasteiger partial charge in [0, 0.05) is 23.9 Å². The summed E-state index contributed by atoms with van der Waals surface area (Å²) in [7, 11) is -3.86. The van der Waals surface area contributed by atoms with Crippen LogP contribution < -0.4 is 0 Å². The fourth-order valence-corrected chi connectivity index (χ4v) is 3.72. The number of ketones is 1. The standard InChI is InChI=1S/C18H14N2O6S/c1-11-2-5-14(6-3-11)27(25,26)17-8-12(10-19-17)18(22)15-9-13(20(23)24)4-7-16(15)21/h2-10,19,21H,1H3. The summed E-state index contributed by atoms with van der Waals surface area (Å²) in [6.07, 6.45) is 1.18. The van der Waals surface area contributed by atoms with E-state index in [4.69, 9.17) is 0 Å². The summed E-state index contributed by atoms with van der Waals surface area (Å²) in [5.41, 5.74) is 0.204. The number of carbonyl (C=O) groups excluding carboxylic acids is 1. The van der Waals surface area contributed by atoms with Gasteiger partial charge < -0.3 is 10.1 Å². The van der Waals surface area contributed by atoms with Crippen molar-refractivity contribution in [2.75, 3.05) is 0 Å². The number of aryl methyl sites for hydroxylation is 1. The molecule has 2 N–H and O–H groups in total. The number of hydrogen-bond acceptors (Lipinski definition) is 6. The number of nitrogens with zero attached hydrogens (tertiary/aromatic N) is 1. The van der Waals surface area contributed by atoms with Crippen LogP contribution in [-0.4, -0.2) is 29.2 Å². The Kier molecular flexibility index (Phi) is 4.54. The van der Waals surface area contributed by atoms with Crippen molar-refractivity contribution in [1.82, 2.24) is 4.98 Å². The molecule has 0 aliphatic rings. The van der Waals surface area contributed by atoms with E-state index in [2.05, 4.69) is 4.98 Å². The second-order valence-electron chi connectivity index (χ2n) is 5.86. The summed E-state index contributed by atoms with van der Waals surface area (Å²) in [4.78, 5) is 25.3. The van der Waals surface area contributed by atoms with Crippen molar-refractivity contribution in [3.63, 3.8) is 0 Å². The monoisotopic (exact) mass is 386 g/mol. The van der Waals surface area contributed by atoms with Gasteiger partial charge in [0.15, 0.2) is 5.78 Å². The Morgan fingerprint density at radius 3 is 2.41 bits per heavy atom. The molecule has 138 valence electrons. The van der Waals surface area contributed by atoms with Crippen molar-refractivity contribution in [2.24, 2.45) is 0 Å². The number of aromatic amines is 1. The molecule has 0 fully saturated rings. The number of nitro groups is 1. The zero-order chi connectivity index (χ0) is 19.8. The number of nitro benzene ring substituents is 1. The molecule has 1 aromatic heterocycles. The number of H-pyrrole nitrogens is 1. The van der Waals surface area contributed by atoms with Crippen LogP contribution in [0.4, 0.5) is 5.69 Å². The molecule has 9 heteroatoms. The normalized spacial score (nSPS) is 11.3. The van der Waals surface area contributed by atoms with Gasteiger partial charge in [-0.15, -0.1) is 0 Å². The number of rotatable bonds is 5. The average Bonchev–Trinajstić information content (AvgIpc) is 3.12. The van der Waals surface area contributed by atoms with Crippen molar-refractivity contribution < 1.29 is 23.2 Å². The van der Waals surface area contributed by atoms with Gasteiger partial charge in [-0.3, -0.25) is 14.9 Å². The average molecular weight is 386 g/mol. The van der Waals surface area contributed by atoms with Crippen LogP contribution in [0.25, 0.3) is 0 Å². The van der Waals surface area contributed by atoms with Crippen LogP contribution in [0, 0.1) is 17.0 Å². The second-order valence-corrected chi connectivity index (χ2v) is 7.77. The van der Waals surface area contributed by atoms with Crippen LogP contribution in [0.15, 0.2) is 64.6 Å². The first-order valence-electron chi connectivity index (χ1n) is 7.72. The van der Waals surface area contributed by atoms with Gasteiger partial charge in [-0.1, -0.05) is 17.7 Å². The number of sulfone groups is 1. The molecule has 0 unspecified atom stereocenters. The summed E-state index contributed by atoms with van der Waals surface area (Å²) < 4.78 is 25.3. The van der Waals surface area contributed by atoms with Crippen molar-refractivity contribution in [2.45, 2.75) is 16.8 Å². The van der Waals surface area contributed by atoms with E-state index < -0.39 is 26.3 Å². The van der Waals surface area contributed by atoms with E-state index in [1.165, 1.54) is 18.3 Å². The second kappa shape index (κ2) is 6.69. The molecule has 3 rings (SSSR count). The predicted molar refractivity (Wildman–Crippen MR) is 95.6 cm³/mol. The number of hydrogen-bond donors (Lipinski definition) is 2. The van der Waals surface area contributed by atoms with E-state index in [0.717, 1.165) is 29.8 Å². The molecule has 0 spiro atoms. The van der Waals surface area contributed by atoms with Gasteiger partial charge in [0.05, 0.1) is 15.4 Å². The van der Waals surface area contributed by atoms with Crippen LogP contribution in [0.1, 0.15) is 21.5 Å². The lowest BCUT2D eigenvalue weighted by Gasteiger charge is -2.03. The maximum absolute atomic E-state index is 12.6. The number of phenolic OH excluding ortho intramolecular Hbond substituents is 1. The van der Waals surface area contributed by atoms with E-state index in [1.807, 2.05) is 6.92 Å². The molecule has 0 bridgehead atoms. The number of benzene rings is 2. The van der Waals surface area contributed by atoms with Gasteiger partial charge >= 0.3 is 0 Å². The summed E-state index contributed by atoms with van der Waals surface area (Å²) in [6.45, 7) is 1.83. The lowest BCUT2D eigenvalue weighted by Crippen LogP contribution is -2.03. The number of non-ortho nitro benzene ring substituents is 1. The first-order valence-corrected chi connectivity index (χ1v) is 9.21. The molecule has 0 radical (unpaired) electrons. The fourth-order valence-electron chi connectivity index (χ4n) is 2.48. The van der Waals surface area contributed by atoms with Crippen molar-refractivity contribution in [1.29, 1.82) is 0 Å². The topological polar surface area (TPSA) is 130 Å². The zero-order valence-corrected chi connectivity index (χ0v) is 14.9. The van der Waals surface area contributed by atoms with E-state index in [-0.39, 0.29) is 26.7 Å². The number of phenols is 1. The third kappa shape index (κ3) is 3.44. The Morgan fingerprint density at radius 2 is 1.78 bits per heavy atom. The molecular weight excluding hydrogens is 372 g/mol. The van der Waals surface area contributed by atoms with E-state index in [9.17, 15) is 28.4 Å². The fraction of sp³-hybridized carbons (Fsp3) is 0.0556. The maximum atomic E-state index is 12.6. The molecule has 2 aromatic carbocycles. The zero-order valence-electron chi connectivity index (χ0n) is 14.0. The molecule has 0 aliphatic carbocycles. The Hall–Kier alpha value is -3.46. The summed E-state index contributed by atoms with van der Waals surface area (Å²) in [6, 6.07) is 10.4. The van der Waals surface area contributed by atoms with Crippen LogP contribution in [-0.2, 0) is 9.84 Å². The van der Waals surface area contributed by atoms with Gasteiger partial charge in [-0.05, 0) is 31.2 Å². The summed E-state index contributed by atoms with van der Waals surface area (Å²) >= 11 is 0. The minimum absolute atomic E-state index is 0.0449. The highest BCUT2D eigenvalue weighted by molar-refractivity contribution is 7.91. The number of carbonyl (C=O) groups is 1. The third-order valence-corrected chi connectivity index (χ3v) is 5.68. The molecular formula is C18H14N2O6S. The van der Waals surface area contributed by atoms with Crippen LogP contribution >= 0.6 is 0 Å². The van der Waals surface area contributed by atoms with Crippen LogP contribution in [0.2, 0.25) is 0 Å². The third-order valence-electron chi connectivity index (χ3n) is 3.98. The lowest BCUT2D eigenvalue weighted by atomic mass is 10.0. The van der Waals surface area contributed by atoms with Crippen molar-refractivity contribution >= 4 is 21.3 Å². The highest BCUT2D eigenvalue weighted by Gasteiger charge is 2.23. The molecule has 1 heterocycles. The Balaban J connectivity index is 1.98. The Bertz CT molecular complexity index is 1150. The Morgan fingerprint density at radius 1 is 1.11 bits per heavy atom. The summed E-state index contributed by atoms with van der Waals surface area (Å²) in [5.74, 6) is -1.17. The number of aromatic hydroxyl groups is 1. The largest absolute Gasteiger partial charge is 0.507 e. The van der Waals surface area contributed by atoms with Gasteiger partial charge in [-0.25, -0.2) is 8.42 Å². The van der Waals surface area contributed by atoms with Crippen molar-refractivity contribution in [3.05, 3.63) is 81.5 Å². The maximum Gasteiger partial charge on any atom is 0.270 e. The quantitative estimate of drug-likeness (QED) is 0.394. The van der Waals surface area contributed by atoms with Gasteiger partial charge in [0.25, 0.3) is 5.69 Å². The molecule has 0 saturated heterocycles.